The summed E-state index contributed by atoms with van der Waals surface area (Å²) in [6, 6.07) is 0. The lowest BCUT2D eigenvalue weighted by Gasteiger charge is -2.30. The Morgan fingerprint density at radius 2 is 2.06 bits per heavy atom. The van der Waals surface area contributed by atoms with Crippen LogP contribution in [0.15, 0.2) is 0 Å². The van der Waals surface area contributed by atoms with E-state index in [1.807, 2.05) is 6.92 Å². The van der Waals surface area contributed by atoms with Crippen LogP contribution in [-0.2, 0) is 9.53 Å². The van der Waals surface area contributed by atoms with Crippen molar-refractivity contribution >= 4 is 5.91 Å². The van der Waals surface area contributed by atoms with Gasteiger partial charge in [-0.3, -0.25) is 4.79 Å². The van der Waals surface area contributed by atoms with Crippen LogP contribution in [-0.4, -0.2) is 32.2 Å². The molecular formula is C13H26N2O2. The standard InChI is InChI=1S/C13H26N2O2/c1-2-15-13(16)7-8-17-10-12-6-4-3-5-11(12)9-14/h11-12H,2-10,14H2,1H3,(H,15,16). The van der Waals surface area contributed by atoms with E-state index < -0.39 is 0 Å². The van der Waals surface area contributed by atoms with Gasteiger partial charge in [-0.05, 0) is 38.1 Å². The van der Waals surface area contributed by atoms with Gasteiger partial charge >= 0.3 is 0 Å². The first-order valence-electron chi connectivity index (χ1n) is 6.82. The molecule has 1 amide bonds. The van der Waals surface area contributed by atoms with Crippen molar-refractivity contribution < 1.29 is 9.53 Å². The van der Waals surface area contributed by atoms with E-state index in [0.29, 0.717) is 31.4 Å². The van der Waals surface area contributed by atoms with Crippen LogP contribution in [0.1, 0.15) is 39.0 Å². The van der Waals surface area contributed by atoms with Crippen molar-refractivity contribution in [3.63, 3.8) is 0 Å². The molecule has 0 bridgehead atoms. The minimum absolute atomic E-state index is 0.0755. The monoisotopic (exact) mass is 242 g/mol. The minimum atomic E-state index is 0.0755. The predicted molar refractivity (Wildman–Crippen MR) is 68.6 cm³/mol. The van der Waals surface area contributed by atoms with E-state index in [9.17, 15) is 4.79 Å². The molecule has 0 saturated heterocycles. The summed E-state index contributed by atoms with van der Waals surface area (Å²) in [5.41, 5.74) is 5.77. The van der Waals surface area contributed by atoms with Gasteiger partial charge < -0.3 is 15.8 Å². The Bertz CT molecular complexity index is 221. The Balaban J connectivity index is 2.10. The number of ether oxygens (including phenoxy) is 1. The maximum atomic E-state index is 11.2. The van der Waals surface area contributed by atoms with Gasteiger partial charge in [0.25, 0.3) is 0 Å². The lowest BCUT2D eigenvalue weighted by molar-refractivity contribution is -0.122. The topological polar surface area (TPSA) is 64.3 Å². The van der Waals surface area contributed by atoms with E-state index in [-0.39, 0.29) is 5.91 Å². The molecule has 1 saturated carbocycles. The number of rotatable bonds is 7. The highest BCUT2D eigenvalue weighted by Gasteiger charge is 2.23. The van der Waals surface area contributed by atoms with E-state index in [4.69, 9.17) is 10.5 Å². The van der Waals surface area contributed by atoms with Crippen molar-refractivity contribution in [3.05, 3.63) is 0 Å². The zero-order valence-corrected chi connectivity index (χ0v) is 10.9. The van der Waals surface area contributed by atoms with Crippen LogP contribution < -0.4 is 11.1 Å². The lowest BCUT2D eigenvalue weighted by Crippen LogP contribution is -2.30. The molecule has 0 radical (unpaired) electrons. The molecule has 4 heteroatoms. The second kappa shape index (κ2) is 8.48. The molecule has 2 unspecified atom stereocenters. The third-order valence-corrected chi connectivity index (χ3v) is 3.55. The van der Waals surface area contributed by atoms with Crippen molar-refractivity contribution in [1.29, 1.82) is 0 Å². The molecule has 2 atom stereocenters. The summed E-state index contributed by atoms with van der Waals surface area (Å²) in [7, 11) is 0. The Morgan fingerprint density at radius 1 is 1.35 bits per heavy atom. The van der Waals surface area contributed by atoms with Crippen molar-refractivity contribution in [2.24, 2.45) is 17.6 Å². The Labute approximate surface area is 104 Å². The SMILES string of the molecule is CCNC(=O)CCOCC1CCCCC1CN. The minimum Gasteiger partial charge on any atom is -0.381 e. The Morgan fingerprint density at radius 3 is 2.71 bits per heavy atom. The smallest absolute Gasteiger partial charge is 0.222 e. The molecule has 0 aromatic rings. The summed E-state index contributed by atoms with van der Waals surface area (Å²) in [4.78, 5) is 11.2. The highest BCUT2D eigenvalue weighted by Crippen LogP contribution is 2.29. The number of carbonyl (C=O) groups is 1. The summed E-state index contributed by atoms with van der Waals surface area (Å²) < 4.78 is 5.61. The largest absolute Gasteiger partial charge is 0.381 e. The molecule has 0 aliphatic heterocycles. The summed E-state index contributed by atoms with van der Waals surface area (Å²) in [5, 5.41) is 2.76. The molecule has 100 valence electrons. The first kappa shape index (κ1) is 14.5. The Hall–Kier alpha value is -0.610. The molecule has 1 aliphatic rings. The molecule has 1 fully saturated rings. The number of nitrogens with two attached hydrogens (primary N) is 1. The molecule has 4 nitrogen and oxygen atoms in total. The van der Waals surface area contributed by atoms with Crippen LogP contribution in [0.25, 0.3) is 0 Å². The van der Waals surface area contributed by atoms with Gasteiger partial charge in [0.15, 0.2) is 0 Å². The molecule has 17 heavy (non-hydrogen) atoms. The van der Waals surface area contributed by atoms with Crippen LogP contribution >= 0.6 is 0 Å². The summed E-state index contributed by atoms with van der Waals surface area (Å²) >= 11 is 0. The maximum absolute atomic E-state index is 11.2. The number of carbonyl (C=O) groups excluding carboxylic acids is 1. The van der Waals surface area contributed by atoms with Gasteiger partial charge in [0.2, 0.25) is 5.91 Å². The van der Waals surface area contributed by atoms with Gasteiger partial charge in [-0.15, -0.1) is 0 Å². The van der Waals surface area contributed by atoms with Crippen LogP contribution in [0.2, 0.25) is 0 Å². The van der Waals surface area contributed by atoms with Gasteiger partial charge in [-0.25, -0.2) is 0 Å². The van der Waals surface area contributed by atoms with Crippen LogP contribution in [0.5, 0.6) is 0 Å². The lowest BCUT2D eigenvalue weighted by atomic mass is 9.80. The van der Waals surface area contributed by atoms with E-state index in [1.165, 1.54) is 25.7 Å². The molecule has 0 heterocycles. The first-order chi connectivity index (χ1) is 8.27. The predicted octanol–water partition coefficient (Wildman–Crippen LogP) is 1.29. The van der Waals surface area contributed by atoms with Crippen molar-refractivity contribution in [1.82, 2.24) is 5.32 Å². The average molecular weight is 242 g/mol. The fraction of sp³-hybridized carbons (Fsp3) is 0.923. The number of amides is 1. The summed E-state index contributed by atoms with van der Waals surface area (Å²) in [6.07, 6.45) is 5.52. The van der Waals surface area contributed by atoms with Gasteiger partial charge in [-0.2, -0.15) is 0 Å². The van der Waals surface area contributed by atoms with E-state index in [2.05, 4.69) is 5.32 Å². The average Bonchev–Trinajstić information content (AvgIpc) is 2.35. The van der Waals surface area contributed by atoms with Crippen LogP contribution in [0, 0.1) is 11.8 Å². The second-order valence-corrected chi connectivity index (χ2v) is 4.82. The van der Waals surface area contributed by atoms with Gasteiger partial charge in [0, 0.05) is 19.6 Å². The second-order valence-electron chi connectivity index (χ2n) is 4.82. The van der Waals surface area contributed by atoms with E-state index >= 15 is 0 Å². The zero-order chi connectivity index (χ0) is 12.5. The molecule has 0 aromatic heterocycles. The van der Waals surface area contributed by atoms with Gasteiger partial charge in [-0.1, -0.05) is 12.8 Å². The normalized spacial score (nSPS) is 24.6. The zero-order valence-electron chi connectivity index (χ0n) is 10.9. The van der Waals surface area contributed by atoms with E-state index in [0.717, 1.165) is 13.2 Å². The molecule has 3 N–H and O–H groups in total. The van der Waals surface area contributed by atoms with Crippen LogP contribution in [0.3, 0.4) is 0 Å². The summed E-state index contributed by atoms with van der Waals surface area (Å²) in [5.74, 6) is 1.29. The molecule has 0 spiro atoms. The highest BCUT2D eigenvalue weighted by molar-refractivity contribution is 5.75. The van der Waals surface area contributed by atoms with E-state index in [1.54, 1.807) is 0 Å². The van der Waals surface area contributed by atoms with Crippen molar-refractivity contribution in [2.45, 2.75) is 39.0 Å². The quantitative estimate of drug-likeness (QED) is 0.661. The van der Waals surface area contributed by atoms with Crippen LogP contribution in [0.4, 0.5) is 0 Å². The fourth-order valence-corrected chi connectivity index (χ4v) is 2.50. The number of hydrogen-bond donors (Lipinski definition) is 2. The Kier molecular flexibility index (Phi) is 7.21. The first-order valence-corrected chi connectivity index (χ1v) is 6.82. The van der Waals surface area contributed by atoms with Gasteiger partial charge in [0.05, 0.1) is 6.61 Å². The van der Waals surface area contributed by atoms with Gasteiger partial charge in [0.1, 0.15) is 0 Å². The molecule has 1 aliphatic carbocycles. The molecule has 1 rings (SSSR count). The maximum Gasteiger partial charge on any atom is 0.222 e. The third kappa shape index (κ3) is 5.50. The molecule has 0 aromatic carbocycles. The highest BCUT2D eigenvalue weighted by atomic mass is 16.5. The molecular weight excluding hydrogens is 216 g/mol. The third-order valence-electron chi connectivity index (χ3n) is 3.55. The fourth-order valence-electron chi connectivity index (χ4n) is 2.50. The van der Waals surface area contributed by atoms with Crippen molar-refractivity contribution in [3.8, 4) is 0 Å². The summed E-state index contributed by atoms with van der Waals surface area (Å²) in [6.45, 7) is 4.68. The number of hydrogen-bond acceptors (Lipinski definition) is 3. The van der Waals surface area contributed by atoms with Crippen molar-refractivity contribution in [2.75, 3.05) is 26.3 Å². The number of nitrogens with one attached hydrogen (secondary N) is 1.